The van der Waals surface area contributed by atoms with E-state index in [9.17, 15) is 0 Å². The first-order valence-electron chi connectivity index (χ1n) is 6.87. The zero-order valence-corrected chi connectivity index (χ0v) is 10.8. The van der Waals surface area contributed by atoms with E-state index >= 15 is 0 Å². The maximum Gasteiger partial charge on any atom is 0.103 e. The van der Waals surface area contributed by atoms with Crippen LogP contribution >= 0.6 is 0 Å². The number of hydrogen-bond acceptors (Lipinski definition) is 1. The molecule has 0 aromatic carbocycles. The van der Waals surface area contributed by atoms with E-state index in [0.717, 1.165) is 0 Å². The molecule has 0 amide bonds. The summed E-state index contributed by atoms with van der Waals surface area (Å²) >= 11 is 0. The Morgan fingerprint density at radius 1 is 1.00 bits per heavy atom. The number of rotatable bonds is 9. The summed E-state index contributed by atoms with van der Waals surface area (Å²) < 4.78 is 5.58. The smallest absolute Gasteiger partial charge is 0.103 e. The van der Waals surface area contributed by atoms with Crippen LogP contribution in [-0.2, 0) is 4.74 Å². The Balaban J connectivity index is 1.97. The van der Waals surface area contributed by atoms with Crippen LogP contribution in [0.25, 0.3) is 0 Å². The molecule has 1 heterocycles. The highest BCUT2D eigenvalue weighted by Gasteiger charge is 2.35. The SMILES string of the molecule is CCC/C=C\C=C\[C@@H]1O[C@H]1CCCCCC. The van der Waals surface area contributed by atoms with Crippen molar-refractivity contribution in [2.45, 2.75) is 71.0 Å². The van der Waals surface area contributed by atoms with E-state index in [1.165, 1.54) is 44.9 Å². The van der Waals surface area contributed by atoms with Gasteiger partial charge in [0, 0.05) is 0 Å². The third kappa shape index (κ3) is 6.12. The molecule has 0 aliphatic carbocycles. The summed E-state index contributed by atoms with van der Waals surface area (Å²) in [6.45, 7) is 4.45. The highest BCUT2D eigenvalue weighted by Crippen LogP contribution is 2.28. The molecule has 1 nitrogen and oxygen atoms in total. The van der Waals surface area contributed by atoms with E-state index < -0.39 is 0 Å². The first-order valence-corrected chi connectivity index (χ1v) is 6.87. The minimum atomic E-state index is 0.410. The molecule has 1 fully saturated rings. The highest BCUT2D eigenvalue weighted by molar-refractivity contribution is 5.10. The molecule has 1 rings (SSSR count). The molecule has 0 spiro atoms. The van der Waals surface area contributed by atoms with Crippen LogP contribution in [0, 0.1) is 0 Å². The maximum atomic E-state index is 5.58. The topological polar surface area (TPSA) is 12.5 Å². The first kappa shape index (κ1) is 13.5. The zero-order valence-electron chi connectivity index (χ0n) is 10.8. The molecule has 0 bridgehead atoms. The van der Waals surface area contributed by atoms with Crippen molar-refractivity contribution in [3.05, 3.63) is 24.3 Å². The molecule has 92 valence electrons. The molecule has 0 N–H and O–H groups in total. The summed E-state index contributed by atoms with van der Waals surface area (Å²) in [5.41, 5.74) is 0. The maximum absolute atomic E-state index is 5.58. The summed E-state index contributed by atoms with van der Waals surface area (Å²) in [7, 11) is 0. The number of ether oxygens (including phenoxy) is 1. The summed E-state index contributed by atoms with van der Waals surface area (Å²) in [5.74, 6) is 0. The fraction of sp³-hybridized carbons (Fsp3) is 0.733. The van der Waals surface area contributed by atoms with Crippen LogP contribution in [0.1, 0.15) is 58.8 Å². The van der Waals surface area contributed by atoms with Crippen molar-refractivity contribution in [2.24, 2.45) is 0 Å². The quantitative estimate of drug-likeness (QED) is 0.314. The zero-order chi connectivity index (χ0) is 11.6. The van der Waals surface area contributed by atoms with Crippen molar-refractivity contribution in [1.29, 1.82) is 0 Å². The number of allylic oxidation sites excluding steroid dienone is 3. The normalized spacial score (nSPS) is 24.6. The average molecular weight is 222 g/mol. The molecule has 0 aromatic rings. The van der Waals surface area contributed by atoms with E-state index in [2.05, 4.69) is 38.2 Å². The Kier molecular flexibility index (Phi) is 7.24. The fourth-order valence-electron chi connectivity index (χ4n) is 1.85. The highest BCUT2D eigenvalue weighted by atomic mass is 16.6. The lowest BCUT2D eigenvalue weighted by Crippen LogP contribution is -1.90. The largest absolute Gasteiger partial charge is 0.365 e. The van der Waals surface area contributed by atoms with E-state index in [-0.39, 0.29) is 0 Å². The van der Waals surface area contributed by atoms with Gasteiger partial charge in [0.2, 0.25) is 0 Å². The van der Waals surface area contributed by atoms with Crippen molar-refractivity contribution in [3.63, 3.8) is 0 Å². The van der Waals surface area contributed by atoms with Crippen molar-refractivity contribution >= 4 is 0 Å². The van der Waals surface area contributed by atoms with E-state index in [1.54, 1.807) is 0 Å². The second-order valence-corrected chi connectivity index (χ2v) is 4.59. The third-order valence-corrected chi connectivity index (χ3v) is 2.97. The molecule has 0 saturated carbocycles. The van der Waals surface area contributed by atoms with E-state index in [0.29, 0.717) is 12.2 Å². The molecule has 0 unspecified atom stereocenters. The van der Waals surface area contributed by atoms with Gasteiger partial charge in [-0.15, -0.1) is 0 Å². The van der Waals surface area contributed by atoms with Gasteiger partial charge in [0.05, 0.1) is 6.10 Å². The van der Waals surface area contributed by atoms with Crippen LogP contribution < -0.4 is 0 Å². The van der Waals surface area contributed by atoms with Gasteiger partial charge in [0.1, 0.15) is 6.10 Å². The summed E-state index contributed by atoms with van der Waals surface area (Å²) in [6.07, 6.45) is 18.6. The molecule has 0 radical (unpaired) electrons. The minimum absolute atomic E-state index is 0.410. The number of epoxide rings is 1. The molecule has 0 aromatic heterocycles. The Morgan fingerprint density at radius 3 is 2.62 bits per heavy atom. The second kappa shape index (κ2) is 8.58. The predicted molar refractivity (Wildman–Crippen MR) is 70.6 cm³/mol. The molecular formula is C15H26O. The van der Waals surface area contributed by atoms with Crippen LogP contribution in [0.15, 0.2) is 24.3 Å². The number of hydrogen-bond donors (Lipinski definition) is 0. The lowest BCUT2D eigenvalue weighted by molar-refractivity contribution is 0.373. The molecule has 1 saturated heterocycles. The van der Waals surface area contributed by atoms with Gasteiger partial charge in [-0.25, -0.2) is 0 Å². The molecule has 1 heteroatoms. The molecule has 1 aliphatic heterocycles. The van der Waals surface area contributed by atoms with Gasteiger partial charge in [0.15, 0.2) is 0 Å². The van der Waals surface area contributed by atoms with Gasteiger partial charge in [-0.3, -0.25) is 0 Å². The van der Waals surface area contributed by atoms with Gasteiger partial charge in [-0.1, -0.05) is 70.3 Å². The van der Waals surface area contributed by atoms with Gasteiger partial charge in [0.25, 0.3) is 0 Å². The van der Waals surface area contributed by atoms with Crippen molar-refractivity contribution in [2.75, 3.05) is 0 Å². The van der Waals surface area contributed by atoms with Gasteiger partial charge >= 0.3 is 0 Å². The lowest BCUT2D eigenvalue weighted by Gasteiger charge is -1.94. The fourth-order valence-corrected chi connectivity index (χ4v) is 1.85. The molecule has 2 atom stereocenters. The van der Waals surface area contributed by atoms with Crippen molar-refractivity contribution in [3.8, 4) is 0 Å². The first-order chi connectivity index (χ1) is 7.88. The summed E-state index contributed by atoms with van der Waals surface area (Å²) in [4.78, 5) is 0. The summed E-state index contributed by atoms with van der Waals surface area (Å²) in [6, 6.07) is 0. The van der Waals surface area contributed by atoms with Gasteiger partial charge in [-0.2, -0.15) is 0 Å². The monoisotopic (exact) mass is 222 g/mol. The van der Waals surface area contributed by atoms with Crippen molar-refractivity contribution < 1.29 is 4.74 Å². The Hall–Kier alpha value is -0.560. The standard InChI is InChI=1S/C15H26O/c1-3-5-7-9-11-13-15-14(16-15)12-10-8-6-4-2/h7,9,11,13-15H,3-6,8,10,12H2,1-2H3/b9-7-,13-11+/t14-,15-/m0/s1. The van der Waals surface area contributed by atoms with Crippen LogP contribution in [0.5, 0.6) is 0 Å². The van der Waals surface area contributed by atoms with Crippen LogP contribution in [0.3, 0.4) is 0 Å². The molecule has 16 heavy (non-hydrogen) atoms. The van der Waals surface area contributed by atoms with Gasteiger partial charge in [-0.05, 0) is 12.8 Å². The Labute approximate surface area is 101 Å². The third-order valence-electron chi connectivity index (χ3n) is 2.97. The second-order valence-electron chi connectivity index (χ2n) is 4.59. The van der Waals surface area contributed by atoms with E-state index in [4.69, 9.17) is 4.74 Å². The minimum Gasteiger partial charge on any atom is -0.365 e. The molecule has 1 aliphatic rings. The average Bonchev–Trinajstić information content (AvgIpc) is 3.03. The number of unbranched alkanes of at least 4 members (excludes halogenated alkanes) is 4. The van der Waals surface area contributed by atoms with Crippen molar-refractivity contribution in [1.82, 2.24) is 0 Å². The van der Waals surface area contributed by atoms with Crippen LogP contribution in [-0.4, -0.2) is 12.2 Å². The van der Waals surface area contributed by atoms with Crippen LogP contribution in [0.4, 0.5) is 0 Å². The van der Waals surface area contributed by atoms with Gasteiger partial charge < -0.3 is 4.74 Å². The van der Waals surface area contributed by atoms with Crippen LogP contribution in [0.2, 0.25) is 0 Å². The predicted octanol–water partition coefficient (Wildman–Crippen LogP) is 4.64. The Bertz CT molecular complexity index is 217. The Morgan fingerprint density at radius 2 is 1.88 bits per heavy atom. The van der Waals surface area contributed by atoms with E-state index in [1.807, 2.05) is 0 Å². The molecular weight excluding hydrogens is 196 g/mol. The summed E-state index contributed by atoms with van der Waals surface area (Å²) in [5, 5.41) is 0. The lowest BCUT2D eigenvalue weighted by atomic mass is 10.1.